The molecule has 0 amide bonds. The summed E-state index contributed by atoms with van der Waals surface area (Å²) in [5, 5.41) is 10.9. The standard InChI is InChI=1S/C20H17F3N4O4/c1-19(8-9-26-11-17(27(28)29)25-18(26)31-19)12-30-15-6-7-16(24-10-15)13-2-4-14(5-3-13)20(21,22)23/h2-7,10-11H,8-9,12H2,1H3. The maximum Gasteiger partial charge on any atom is 0.416 e. The number of alkyl halides is 3. The molecule has 1 aliphatic heterocycles. The molecule has 0 fully saturated rings. The van der Waals surface area contributed by atoms with E-state index >= 15 is 0 Å². The molecule has 2 aromatic heterocycles. The third-order valence-electron chi connectivity index (χ3n) is 4.92. The molecule has 4 rings (SSSR count). The Balaban J connectivity index is 1.40. The lowest BCUT2D eigenvalue weighted by atomic mass is 10.0. The van der Waals surface area contributed by atoms with Crippen molar-refractivity contribution in [3.05, 3.63) is 64.5 Å². The van der Waals surface area contributed by atoms with Crippen LogP contribution in [0.3, 0.4) is 0 Å². The molecule has 3 aromatic rings. The van der Waals surface area contributed by atoms with Gasteiger partial charge in [-0.25, -0.2) is 0 Å². The Bertz CT molecular complexity index is 1100. The molecule has 31 heavy (non-hydrogen) atoms. The normalized spacial score (nSPS) is 18.2. The minimum Gasteiger partial charge on any atom is -0.488 e. The Hall–Kier alpha value is -3.63. The van der Waals surface area contributed by atoms with Gasteiger partial charge in [-0.1, -0.05) is 12.1 Å². The molecule has 162 valence electrons. The van der Waals surface area contributed by atoms with Crippen LogP contribution in [-0.2, 0) is 12.7 Å². The van der Waals surface area contributed by atoms with Crippen LogP contribution in [0.1, 0.15) is 18.9 Å². The first kappa shape index (κ1) is 20.6. The minimum atomic E-state index is -4.39. The predicted molar refractivity (Wildman–Crippen MR) is 103 cm³/mol. The number of nitro groups is 1. The molecule has 1 aliphatic rings. The molecule has 1 atom stereocenters. The van der Waals surface area contributed by atoms with Gasteiger partial charge in [0.15, 0.2) is 0 Å². The van der Waals surface area contributed by atoms with Crippen LogP contribution in [-0.4, -0.2) is 31.7 Å². The van der Waals surface area contributed by atoms with Crippen LogP contribution >= 0.6 is 0 Å². The van der Waals surface area contributed by atoms with Crippen molar-refractivity contribution in [2.75, 3.05) is 6.61 Å². The van der Waals surface area contributed by atoms with Gasteiger partial charge >= 0.3 is 18.0 Å². The van der Waals surface area contributed by atoms with Gasteiger partial charge in [-0.05, 0) is 36.1 Å². The number of aromatic nitrogens is 3. The lowest BCUT2D eigenvalue weighted by Crippen LogP contribution is -2.43. The van der Waals surface area contributed by atoms with Crippen molar-refractivity contribution in [3.8, 4) is 23.0 Å². The van der Waals surface area contributed by atoms with Gasteiger partial charge in [0.25, 0.3) is 0 Å². The molecule has 0 radical (unpaired) electrons. The first-order valence-corrected chi connectivity index (χ1v) is 9.30. The van der Waals surface area contributed by atoms with E-state index in [0.717, 1.165) is 12.1 Å². The summed E-state index contributed by atoms with van der Waals surface area (Å²) in [4.78, 5) is 18.4. The summed E-state index contributed by atoms with van der Waals surface area (Å²) < 4.78 is 51.2. The first-order chi connectivity index (χ1) is 14.6. The fourth-order valence-electron chi connectivity index (χ4n) is 3.15. The van der Waals surface area contributed by atoms with E-state index in [2.05, 4.69) is 9.97 Å². The highest BCUT2D eigenvalue weighted by molar-refractivity contribution is 5.59. The van der Waals surface area contributed by atoms with Gasteiger partial charge in [-0.3, -0.25) is 9.55 Å². The summed E-state index contributed by atoms with van der Waals surface area (Å²) in [6.07, 6.45) is -1.02. The second-order valence-corrected chi connectivity index (χ2v) is 7.38. The number of hydrogen-bond acceptors (Lipinski definition) is 6. The molecular formula is C20H17F3N4O4. The zero-order valence-electron chi connectivity index (χ0n) is 16.3. The van der Waals surface area contributed by atoms with E-state index < -0.39 is 22.3 Å². The number of rotatable bonds is 5. The van der Waals surface area contributed by atoms with Crippen LogP contribution in [0, 0.1) is 10.1 Å². The van der Waals surface area contributed by atoms with Crippen LogP contribution in [0.25, 0.3) is 11.3 Å². The third kappa shape index (κ3) is 4.44. The van der Waals surface area contributed by atoms with Crippen molar-refractivity contribution in [2.24, 2.45) is 0 Å². The highest BCUT2D eigenvalue weighted by Crippen LogP contribution is 2.32. The number of benzene rings is 1. The maximum absolute atomic E-state index is 12.7. The molecule has 0 bridgehead atoms. The molecule has 0 spiro atoms. The Morgan fingerprint density at radius 1 is 1.26 bits per heavy atom. The largest absolute Gasteiger partial charge is 0.488 e. The van der Waals surface area contributed by atoms with Crippen molar-refractivity contribution in [2.45, 2.75) is 31.7 Å². The summed E-state index contributed by atoms with van der Waals surface area (Å²) in [7, 11) is 0. The second-order valence-electron chi connectivity index (χ2n) is 7.38. The van der Waals surface area contributed by atoms with Gasteiger partial charge in [0.1, 0.15) is 24.2 Å². The number of imidazole rings is 1. The number of hydrogen-bond donors (Lipinski definition) is 0. The number of aryl methyl sites for hydroxylation is 1. The number of ether oxygens (including phenoxy) is 2. The van der Waals surface area contributed by atoms with E-state index in [0.29, 0.717) is 30.0 Å². The first-order valence-electron chi connectivity index (χ1n) is 9.30. The Morgan fingerprint density at radius 2 is 2.00 bits per heavy atom. The van der Waals surface area contributed by atoms with Crippen molar-refractivity contribution in [1.29, 1.82) is 0 Å². The molecule has 0 N–H and O–H groups in total. The van der Waals surface area contributed by atoms with E-state index in [4.69, 9.17) is 9.47 Å². The molecule has 0 saturated heterocycles. The average Bonchev–Trinajstić information content (AvgIpc) is 3.15. The number of fused-ring (bicyclic) bond motifs is 1. The molecule has 11 heteroatoms. The Kier molecular flexibility index (Phi) is 5.03. The van der Waals surface area contributed by atoms with Crippen LogP contribution in [0.4, 0.5) is 19.0 Å². The highest BCUT2D eigenvalue weighted by Gasteiger charge is 2.37. The number of halogens is 3. The Morgan fingerprint density at radius 3 is 2.61 bits per heavy atom. The number of nitrogens with zero attached hydrogens (tertiary/aromatic N) is 4. The van der Waals surface area contributed by atoms with Crippen molar-refractivity contribution >= 4 is 5.82 Å². The van der Waals surface area contributed by atoms with E-state index in [9.17, 15) is 23.3 Å². The number of pyridine rings is 1. The molecule has 1 aromatic carbocycles. The smallest absolute Gasteiger partial charge is 0.416 e. The highest BCUT2D eigenvalue weighted by atomic mass is 19.4. The van der Waals surface area contributed by atoms with E-state index in [1.165, 1.54) is 24.5 Å². The van der Waals surface area contributed by atoms with E-state index in [1.807, 2.05) is 6.92 Å². The zero-order chi connectivity index (χ0) is 22.2. The van der Waals surface area contributed by atoms with Crippen LogP contribution in [0.15, 0.2) is 48.8 Å². The van der Waals surface area contributed by atoms with Crippen LogP contribution in [0.2, 0.25) is 0 Å². The van der Waals surface area contributed by atoms with Crippen molar-refractivity contribution < 1.29 is 27.6 Å². The maximum atomic E-state index is 12.7. The summed E-state index contributed by atoms with van der Waals surface area (Å²) in [5.74, 6) is 0.184. The summed E-state index contributed by atoms with van der Waals surface area (Å²) >= 11 is 0. The zero-order valence-corrected chi connectivity index (χ0v) is 16.3. The SMILES string of the molecule is CC1(COc2ccc(-c3ccc(C(F)(F)F)cc3)nc2)CCn2cc([N+](=O)[O-])nc2O1. The average molecular weight is 434 g/mol. The third-order valence-corrected chi connectivity index (χ3v) is 4.92. The minimum absolute atomic E-state index is 0.162. The molecule has 3 heterocycles. The Labute approximate surface area is 174 Å². The van der Waals surface area contributed by atoms with Gasteiger partial charge in [0, 0.05) is 23.5 Å². The molecular weight excluding hydrogens is 417 g/mol. The van der Waals surface area contributed by atoms with Crippen molar-refractivity contribution in [3.63, 3.8) is 0 Å². The molecule has 0 aliphatic carbocycles. The monoisotopic (exact) mass is 434 g/mol. The van der Waals surface area contributed by atoms with Crippen LogP contribution < -0.4 is 9.47 Å². The lowest BCUT2D eigenvalue weighted by Gasteiger charge is -2.32. The summed E-state index contributed by atoms with van der Waals surface area (Å²) in [6.45, 7) is 2.48. The summed E-state index contributed by atoms with van der Waals surface area (Å²) in [5.41, 5.74) is -0.393. The molecule has 8 nitrogen and oxygen atoms in total. The van der Waals surface area contributed by atoms with Gasteiger partial charge in [-0.15, -0.1) is 0 Å². The second kappa shape index (κ2) is 7.56. The summed E-state index contributed by atoms with van der Waals surface area (Å²) in [6, 6.07) is 8.23. The van der Waals surface area contributed by atoms with Gasteiger partial charge in [0.05, 0.1) is 17.5 Å². The van der Waals surface area contributed by atoms with Gasteiger partial charge in [-0.2, -0.15) is 13.2 Å². The fourth-order valence-corrected chi connectivity index (χ4v) is 3.15. The topological polar surface area (TPSA) is 92.3 Å². The van der Waals surface area contributed by atoms with Crippen LogP contribution in [0.5, 0.6) is 11.8 Å². The fraction of sp³-hybridized carbons (Fsp3) is 0.300. The molecule has 1 unspecified atom stereocenters. The van der Waals surface area contributed by atoms with E-state index in [1.54, 1.807) is 16.7 Å². The quantitative estimate of drug-likeness (QED) is 0.434. The lowest BCUT2D eigenvalue weighted by molar-refractivity contribution is -0.389. The predicted octanol–water partition coefficient (Wildman–Crippen LogP) is 4.49. The van der Waals surface area contributed by atoms with Crippen molar-refractivity contribution in [1.82, 2.24) is 14.5 Å². The van der Waals surface area contributed by atoms with Gasteiger partial charge in [0.2, 0.25) is 0 Å². The van der Waals surface area contributed by atoms with Gasteiger partial charge < -0.3 is 19.6 Å². The van der Waals surface area contributed by atoms with E-state index in [-0.39, 0.29) is 18.4 Å². The molecule has 0 saturated carbocycles.